The zero-order chi connectivity index (χ0) is 19.0. The van der Waals surface area contributed by atoms with Crippen molar-refractivity contribution < 1.29 is 9.53 Å². The van der Waals surface area contributed by atoms with Crippen molar-refractivity contribution in [2.75, 3.05) is 6.61 Å². The Hall–Kier alpha value is -2.05. The molecule has 142 valence electrons. The van der Waals surface area contributed by atoms with E-state index in [1.54, 1.807) is 0 Å². The first-order valence-electron chi connectivity index (χ1n) is 9.47. The van der Waals surface area contributed by atoms with E-state index in [9.17, 15) is 4.79 Å². The van der Waals surface area contributed by atoms with E-state index in [-0.39, 0.29) is 17.1 Å². The second kappa shape index (κ2) is 7.52. The highest BCUT2D eigenvalue weighted by Gasteiger charge is 2.25. The highest BCUT2D eigenvalue weighted by molar-refractivity contribution is 8.00. The number of imidazole rings is 1. The van der Waals surface area contributed by atoms with Gasteiger partial charge in [0.25, 0.3) is 0 Å². The Morgan fingerprint density at radius 1 is 1.41 bits per heavy atom. The molecule has 0 radical (unpaired) electrons. The number of carbonyl (C=O) groups excluding carboxylic acids is 1. The summed E-state index contributed by atoms with van der Waals surface area (Å²) in [6, 6.07) is 7.92. The summed E-state index contributed by atoms with van der Waals surface area (Å²) in [5.74, 6) is 0.124. The Labute approximate surface area is 163 Å². The first-order valence-corrected chi connectivity index (χ1v) is 10.3. The zero-order valence-corrected chi connectivity index (χ0v) is 16.8. The van der Waals surface area contributed by atoms with E-state index in [0.29, 0.717) is 0 Å². The summed E-state index contributed by atoms with van der Waals surface area (Å²) in [7, 11) is 0. The number of ether oxygens (including phenoxy) is 1. The highest BCUT2D eigenvalue weighted by atomic mass is 32.2. The molecule has 27 heavy (non-hydrogen) atoms. The number of fused-ring (bicyclic) bond motifs is 1. The van der Waals surface area contributed by atoms with Gasteiger partial charge in [-0.25, -0.2) is 4.98 Å². The van der Waals surface area contributed by atoms with E-state index in [1.165, 1.54) is 11.8 Å². The number of aromatic amines is 1. The fourth-order valence-electron chi connectivity index (χ4n) is 3.63. The van der Waals surface area contributed by atoms with E-state index in [1.807, 2.05) is 44.3 Å². The number of aryl methyl sites for hydroxylation is 1. The molecule has 1 fully saturated rings. The lowest BCUT2D eigenvalue weighted by Crippen LogP contribution is -2.19. The fourth-order valence-corrected chi connectivity index (χ4v) is 4.71. The Kier molecular flexibility index (Phi) is 5.10. The van der Waals surface area contributed by atoms with Crippen molar-refractivity contribution in [3.05, 3.63) is 47.4 Å². The van der Waals surface area contributed by atoms with Crippen molar-refractivity contribution in [1.29, 1.82) is 0 Å². The van der Waals surface area contributed by atoms with Crippen LogP contribution in [0.15, 0.2) is 35.6 Å². The van der Waals surface area contributed by atoms with Gasteiger partial charge < -0.3 is 14.3 Å². The van der Waals surface area contributed by atoms with Crippen LogP contribution < -0.4 is 0 Å². The largest absolute Gasteiger partial charge is 0.376 e. The van der Waals surface area contributed by atoms with Crippen LogP contribution in [0.4, 0.5) is 0 Å². The van der Waals surface area contributed by atoms with Crippen LogP contribution in [0.5, 0.6) is 0 Å². The molecule has 1 aliphatic heterocycles. The van der Waals surface area contributed by atoms with E-state index < -0.39 is 0 Å². The minimum Gasteiger partial charge on any atom is -0.376 e. The molecule has 2 atom stereocenters. The first-order chi connectivity index (χ1) is 13.0. The van der Waals surface area contributed by atoms with Gasteiger partial charge in [-0.15, -0.1) is 0 Å². The standard InChI is InChI=1S/C21H25N3O2S/c1-13-14(2)24(12-16-7-6-10-26-16)21(23-13)27-15(3)20(25)18-11-22-19-9-5-4-8-17(18)19/h4-5,8-9,11,15-16,22H,6-7,10,12H2,1-3H3/t15-,16+/m0/s1. The van der Waals surface area contributed by atoms with Crippen molar-refractivity contribution in [2.24, 2.45) is 0 Å². The molecule has 0 saturated carbocycles. The van der Waals surface area contributed by atoms with Gasteiger partial charge in [0.05, 0.1) is 23.6 Å². The average Bonchev–Trinajstić information content (AvgIpc) is 3.38. The maximum absolute atomic E-state index is 13.1. The number of thioether (sulfide) groups is 1. The fraction of sp³-hybridized carbons (Fsp3) is 0.429. The summed E-state index contributed by atoms with van der Waals surface area (Å²) < 4.78 is 8.02. The molecule has 3 heterocycles. The van der Waals surface area contributed by atoms with E-state index in [0.717, 1.165) is 59.0 Å². The third-order valence-electron chi connectivity index (χ3n) is 5.34. The quantitative estimate of drug-likeness (QED) is 0.502. The number of nitrogens with one attached hydrogen (secondary N) is 1. The van der Waals surface area contributed by atoms with Crippen molar-refractivity contribution in [2.45, 2.75) is 56.7 Å². The van der Waals surface area contributed by atoms with Gasteiger partial charge in [-0.3, -0.25) is 4.79 Å². The van der Waals surface area contributed by atoms with Crippen LogP contribution in [-0.2, 0) is 11.3 Å². The smallest absolute Gasteiger partial charge is 0.178 e. The monoisotopic (exact) mass is 383 g/mol. The topological polar surface area (TPSA) is 59.9 Å². The molecule has 4 rings (SSSR count). The van der Waals surface area contributed by atoms with Crippen LogP contribution in [0, 0.1) is 13.8 Å². The van der Waals surface area contributed by atoms with Crippen LogP contribution in [0.25, 0.3) is 10.9 Å². The Morgan fingerprint density at radius 3 is 3.00 bits per heavy atom. The van der Waals surface area contributed by atoms with Crippen LogP contribution in [0.3, 0.4) is 0 Å². The summed E-state index contributed by atoms with van der Waals surface area (Å²) in [5, 5.41) is 1.67. The number of rotatable bonds is 6. The lowest BCUT2D eigenvalue weighted by atomic mass is 10.1. The number of Topliss-reactive ketones (excluding diaryl/α,β-unsaturated/α-hetero) is 1. The predicted molar refractivity (Wildman–Crippen MR) is 109 cm³/mol. The molecule has 6 heteroatoms. The van der Waals surface area contributed by atoms with Crippen molar-refractivity contribution in [3.63, 3.8) is 0 Å². The number of nitrogens with zero attached hydrogens (tertiary/aromatic N) is 2. The maximum Gasteiger partial charge on any atom is 0.178 e. The van der Waals surface area contributed by atoms with Gasteiger partial charge in [0.2, 0.25) is 0 Å². The average molecular weight is 384 g/mol. The van der Waals surface area contributed by atoms with Crippen LogP contribution in [0.1, 0.15) is 41.5 Å². The van der Waals surface area contributed by atoms with Gasteiger partial charge in [-0.2, -0.15) is 0 Å². The number of benzene rings is 1. The second-order valence-electron chi connectivity index (χ2n) is 7.18. The number of para-hydroxylation sites is 1. The third-order valence-corrected chi connectivity index (χ3v) is 6.43. The molecule has 0 amide bonds. The number of ketones is 1. The van der Waals surface area contributed by atoms with Gasteiger partial charge in [-0.05, 0) is 39.7 Å². The Balaban J connectivity index is 1.56. The van der Waals surface area contributed by atoms with Gasteiger partial charge in [0.1, 0.15) is 0 Å². The van der Waals surface area contributed by atoms with Gasteiger partial charge >= 0.3 is 0 Å². The predicted octanol–water partition coefficient (Wildman–Crippen LogP) is 4.52. The van der Waals surface area contributed by atoms with Crippen LogP contribution >= 0.6 is 11.8 Å². The van der Waals surface area contributed by atoms with E-state index >= 15 is 0 Å². The molecule has 1 N–H and O–H groups in total. The molecule has 3 aromatic rings. The molecule has 1 aromatic carbocycles. The molecular formula is C21H25N3O2S. The van der Waals surface area contributed by atoms with E-state index in [4.69, 9.17) is 9.72 Å². The molecule has 0 spiro atoms. The third kappa shape index (κ3) is 3.56. The van der Waals surface area contributed by atoms with Gasteiger partial charge in [-0.1, -0.05) is 30.0 Å². The van der Waals surface area contributed by atoms with Gasteiger partial charge in [0.15, 0.2) is 10.9 Å². The van der Waals surface area contributed by atoms with Crippen molar-refractivity contribution >= 4 is 28.4 Å². The first kappa shape index (κ1) is 18.3. The number of H-pyrrole nitrogens is 1. The number of aromatic nitrogens is 3. The normalized spacial score (nSPS) is 18.3. The molecule has 5 nitrogen and oxygen atoms in total. The maximum atomic E-state index is 13.1. The lowest BCUT2D eigenvalue weighted by molar-refractivity contribution is 0.0944. The SMILES string of the molecule is Cc1nc(S[C@@H](C)C(=O)c2c[nH]c3ccccc23)n(C[C@H]2CCCO2)c1C. The Bertz CT molecular complexity index is 969. The molecule has 2 aromatic heterocycles. The minimum absolute atomic E-state index is 0.124. The lowest BCUT2D eigenvalue weighted by Gasteiger charge is -2.16. The van der Waals surface area contributed by atoms with Crippen molar-refractivity contribution in [1.82, 2.24) is 14.5 Å². The highest BCUT2D eigenvalue weighted by Crippen LogP contribution is 2.30. The summed E-state index contributed by atoms with van der Waals surface area (Å²) in [4.78, 5) is 21.0. The molecule has 0 bridgehead atoms. The van der Waals surface area contributed by atoms with Crippen LogP contribution in [-0.4, -0.2) is 38.3 Å². The number of hydrogen-bond donors (Lipinski definition) is 1. The van der Waals surface area contributed by atoms with E-state index in [2.05, 4.69) is 16.5 Å². The minimum atomic E-state index is -0.214. The summed E-state index contributed by atoms with van der Waals surface area (Å²) >= 11 is 1.54. The van der Waals surface area contributed by atoms with Crippen molar-refractivity contribution in [3.8, 4) is 0 Å². The summed E-state index contributed by atoms with van der Waals surface area (Å²) in [5.41, 5.74) is 3.91. The Morgan fingerprint density at radius 2 is 2.22 bits per heavy atom. The zero-order valence-electron chi connectivity index (χ0n) is 16.0. The molecular weight excluding hydrogens is 358 g/mol. The second-order valence-corrected chi connectivity index (χ2v) is 8.49. The van der Waals surface area contributed by atoms with Gasteiger partial charge in [0, 0.05) is 35.0 Å². The molecule has 1 aliphatic rings. The number of carbonyl (C=O) groups is 1. The molecule has 1 saturated heterocycles. The number of hydrogen-bond acceptors (Lipinski definition) is 4. The summed E-state index contributed by atoms with van der Waals surface area (Å²) in [6.07, 6.45) is 4.27. The van der Waals surface area contributed by atoms with Crippen LogP contribution in [0.2, 0.25) is 0 Å². The summed E-state index contributed by atoms with van der Waals surface area (Å²) in [6.45, 7) is 7.73. The molecule has 0 aliphatic carbocycles. The molecule has 0 unspecified atom stereocenters.